The fourth-order valence-corrected chi connectivity index (χ4v) is 2.71. The van der Waals surface area contributed by atoms with Crippen molar-refractivity contribution >= 4 is 0 Å². The number of nitrogens with zero attached hydrogens (tertiary/aromatic N) is 2. The van der Waals surface area contributed by atoms with Crippen molar-refractivity contribution in [3.8, 4) is 0 Å². The van der Waals surface area contributed by atoms with Crippen molar-refractivity contribution < 1.29 is 0 Å². The lowest BCUT2D eigenvalue weighted by molar-refractivity contribution is 0.391. The number of rotatable bonds is 4. The van der Waals surface area contributed by atoms with Crippen molar-refractivity contribution in [1.82, 2.24) is 15.1 Å². The molecule has 1 aromatic rings. The summed E-state index contributed by atoms with van der Waals surface area (Å²) in [6.07, 6.45) is 12.8. The zero-order valence-corrected chi connectivity index (χ0v) is 11.0. The van der Waals surface area contributed by atoms with Gasteiger partial charge in [-0.2, -0.15) is 5.10 Å². The highest BCUT2D eigenvalue weighted by molar-refractivity contribution is 5.00. The van der Waals surface area contributed by atoms with Crippen LogP contribution in [0.25, 0.3) is 0 Å². The van der Waals surface area contributed by atoms with Crippen LogP contribution in [0.1, 0.15) is 50.6 Å². The molecular formula is C14H25N3. The average Bonchev–Trinajstić information content (AvgIpc) is 2.67. The number of aromatic nitrogens is 2. The predicted molar refractivity (Wildman–Crippen MR) is 71.0 cm³/mol. The van der Waals surface area contributed by atoms with Gasteiger partial charge in [0, 0.05) is 37.9 Å². The summed E-state index contributed by atoms with van der Waals surface area (Å²) in [5.41, 5.74) is 1.32. The molecule has 96 valence electrons. The third-order valence-electron chi connectivity index (χ3n) is 3.84. The first kappa shape index (κ1) is 12.6. The maximum absolute atomic E-state index is 4.20. The van der Waals surface area contributed by atoms with E-state index in [1.807, 2.05) is 17.9 Å². The molecule has 0 amide bonds. The lowest BCUT2D eigenvalue weighted by Crippen LogP contribution is -2.31. The Bertz CT molecular complexity index is 311. The molecule has 17 heavy (non-hydrogen) atoms. The largest absolute Gasteiger partial charge is 0.314 e. The number of hydrogen-bond acceptors (Lipinski definition) is 2. The normalized spacial score (nSPS) is 18.9. The van der Waals surface area contributed by atoms with Crippen molar-refractivity contribution in [2.24, 2.45) is 7.05 Å². The van der Waals surface area contributed by atoms with Gasteiger partial charge >= 0.3 is 0 Å². The first-order valence-corrected chi connectivity index (χ1v) is 7.06. The lowest BCUT2D eigenvalue weighted by atomic mass is 9.97. The Kier molecular flexibility index (Phi) is 5.05. The Morgan fingerprint density at radius 3 is 2.59 bits per heavy atom. The second kappa shape index (κ2) is 6.80. The summed E-state index contributed by atoms with van der Waals surface area (Å²) in [4.78, 5) is 0. The van der Waals surface area contributed by atoms with Crippen LogP contribution in [0.2, 0.25) is 0 Å². The van der Waals surface area contributed by atoms with Gasteiger partial charge < -0.3 is 5.32 Å². The van der Waals surface area contributed by atoms with E-state index in [1.165, 1.54) is 50.6 Å². The summed E-state index contributed by atoms with van der Waals surface area (Å²) >= 11 is 0. The molecular weight excluding hydrogens is 210 g/mol. The Labute approximate surface area is 105 Å². The standard InChI is InChI=1S/C14H25N3/c1-17-14(10-12-16-17)9-11-15-13-7-5-3-2-4-6-8-13/h10,12-13,15H,2-9,11H2,1H3. The monoisotopic (exact) mass is 235 g/mol. The van der Waals surface area contributed by atoms with E-state index in [-0.39, 0.29) is 0 Å². The van der Waals surface area contributed by atoms with Crippen molar-refractivity contribution in [2.75, 3.05) is 6.54 Å². The highest BCUT2D eigenvalue weighted by atomic mass is 15.3. The molecule has 1 aliphatic rings. The van der Waals surface area contributed by atoms with Gasteiger partial charge in [-0.25, -0.2) is 0 Å². The lowest BCUT2D eigenvalue weighted by Gasteiger charge is -2.21. The molecule has 1 aliphatic carbocycles. The quantitative estimate of drug-likeness (QED) is 0.869. The minimum atomic E-state index is 0.753. The minimum absolute atomic E-state index is 0.753. The molecule has 0 unspecified atom stereocenters. The van der Waals surface area contributed by atoms with Gasteiger partial charge in [-0.15, -0.1) is 0 Å². The first-order valence-electron chi connectivity index (χ1n) is 7.06. The topological polar surface area (TPSA) is 29.9 Å². The Morgan fingerprint density at radius 1 is 1.24 bits per heavy atom. The van der Waals surface area contributed by atoms with Gasteiger partial charge in [0.1, 0.15) is 0 Å². The summed E-state index contributed by atoms with van der Waals surface area (Å²) in [5.74, 6) is 0. The van der Waals surface area contributed by atoms with E-state index >= 15 is 0 Å². The minimum Gasteiger partial charge on any atom is -0.314 e. The van der Waals surface area contributed by atoms with Crippen molar-refractivity contribution in [2.45, 2.75) is 57.4 Å². The molecule has 3 heteroatoms. The van der Waals surface area contributed by atoms with Crippen LogP contribution in [0.3, 0.4) is 0 Å². The molecule has 0 spiro atoms. The molecule has 0 aliphatic heterocycles. The van der Waals surface area contributed by atoms with Crippen LogP contribution >= 0.6 is 0 Å². The van der Waals surface area contributed by atoms with Crippen LogP contribution < -0.4 is 5.32 Å². The smallest absolute Gasteiger partial charge is 0.0492 e. The molecule has 0 saturated heterocycles. The van der Waals surface area contributed by atoms with Crippen LogP contribution in [-0.2, 0) is 13.5 Å². The number of hydrogen-bond donors (Lipinski definition) is 1. The second-order valence-electron chi connectivity index (χ2n) is 5.19. The molecule has 1 N–H and O–H groups in total. The Hall–Kier alpha value is -0.830. The van der Waals surface area contributed by atoms with Crippen LogP contribution in [0.4, 0.5) is 0 Å². The molecule has 0 aromatic carbocycles. The van der Waals surface area contributed by atoms with E-state index < -0.39 is 0 Å². The van der Waals surface area contributed by atoms with Crippen LogP contribution in [0.5, 0.6) is 0 Å². The highest BCUT2D eigenvalue weighted by Gasteiger charge is 2.10. The maximum Gasteiger partial charge on any atom is 0.0492 e. The van der Waals surface area contributed by atoms with E-state index in [2.05, 4.69) is 16.5 Å². The van der Waals surface area contributed by atoms with Crippen molar-refractivity contribution in [3.63, 3.8) is 0 Å². The van der Waals surface area contributed by atoms with Crippen LogP contribution in [0.15, 0.2) is 12.3 Å². The maximum atomic E-state index is 4.20. The van der Waals surface area contributed by atoms with Gasteiger partial charge in [-0.1, -0.05) is 32.1 Å². The number of nitrogens with one attached hydrogen (secondary N) is 1. The van der Waals surface area contributed by atoms with Crippen LogP contribution in [0, 0.1) is 0 Å². The van der Waals surface area contributed by atoms with E-state index in [0.717, 1.165) is 19.0 Å². The van der Waals surface area contributed by atoms with Gasteiger partial charge in [0.15, 0.2) is 0 Å². The molecule has 1 fully saturated rings. The summed E-state index contributed by atoms with van der Waals surface area (Å²) < 4.78 is 1.97. The zero-order chi connectivity index (χ0) is 11.9. The van der Waals surface area contributed by atoms with E-state index in [1.54, 1.807) is 0 Å². The van der Waals surface area contributed by atoms with Crippen molar-refractivity contribution in [1.29, 1.82) is 0 Å². The van der Waals surface area contributed by atoms with E-state index in [9.17, 15) is 0 Å². The fraction of sp³-hybridized carbons (Fsp3) is 0.786. The molecule has 0 bridgehead atoms. The number of aryl methyl sites for hydroxylation is 1. The molecule has 1 heterocycles. The molecule has 0 atom stereocenters. The molecule has 2 rings (SSSR count). The van der Waals surface area contributed by atoms with E-state index in [0.29, 0.717) is 0 Å². The van der Waals surface area contributed by atoms with Gasteiger partial charge in [0.25, 0.3) is 0 Å². The summed E-state index contributed by atoms with van der Waals surface area (Å²) in [6.45, 7) is 1.09. The summed E-state index contributed by atoms with van der Waals surface area (Å²) in [7, 11) is 2.02. The average molecular weight is 235 g/mol. The Morgan fingerprint density at radius 2 is 1.94 bits per heavy atom. The Balaban J connectivity index is 1.68. The van der Waals surface area contributed by atoms with Gasteiger partial charge in [0.05, 0.1) is 0 Å². The van der Waals surface area contributed by atoms with Gasteiger partial charge in [-0.05, 0) is 18.9 Å². The SMILES string of the molecule is Cn1nccc1CCNC1CCCCCCC1. The van der Waals surface area contributed by atoms with Gasteiger partial charge in [-0.3, -0.25) is 4.68 Å². The second-order valence-corrected chi connectivity index (χ2v) is 5.19. The summed E-state index contributed by atoms with van der Waals surface area (Å²) in [5, 5.41) is 7.91. The highest BCUT2D eigenvalue weighted by Crippen LogP contribution is 2.16. The third-order valence-corrected chi connectivity index (χ3v) is 3.84. The zero-order valence-electron chi connectivity index (χ0n) is 11.0. The molecule has 1 aromatic heterocycles. The van der Waals surface area contributed by atoms with Crippen molar-refractivity contribution in [3.05, 3.63) is 18.0 Å². The fourth-order valence-electron chi connectivity index (χ4n) is 2.71. The molecule has 0 radical (unpaired) electrons. The molecule has 1 saturated carbocycles. The summed E-state index contributed by atoms with van der Waals surface area (Å²) in [6, 6.07) is 2.86. The van der Waals surface area contributed by atoms with Crippen LogP contribution in [-0.4, -0.2) is 22.4 Å². The third kappa shape index (κ3) is 4.15. The van der Waals surface area contributed by atoms with E-state index in [4.69, 9.17) is 0 Å². The van der Waals surface area contributed by atoms with Gasteiger partial charge in [0.2, 0.25) is 0 Å². The predicted octanol–water partition coefficient (Wildman–Crippen LogP) is 2.67. The first-order chi connectivity index (χ1) is 8.36. The molecule has 3 nitrogen and oxygen atoms in total.